The summed E-state index contributed by atoms with van der Waals surface area (Å²) in [5.41, 5.74) is 3.85. The van der Waals surface area contributed by atoms with E-state index in [4.69, 9.17) is 5.73 Å². The predicted octanol–water partition coefficient (Wildman–Crippen LogP) is 5.57. The fraction of sp³-hybridized carbons (Fsp3) is 0.865. The highest BCUT2D eigenvalue weighted by Gasteiger charge is 2.69. The average Bonchev–Trinajstić information content (AvgIpc) is 3.17. The lowest BCUT2D eigenvalue weighted by Crippen LogP contribution is -2.51. The summed E-state index contributed by atoms with van der Waals surface area (Å²) < 4.78 is 25.6. The van der Waals surface area contributed by atoms with Crippen molar-refractivity contribution in [2.24, 2.45) is 57.5 Å². The van der Waals surface area contributed by atoms with E-state index >= 15 is 0 Å². The molecule has 1 aliphatic heterocycles. The second kappa shape index (κ2) is 13.7. The van der Waals surface area contributed by atoms with Gasteiger partial charge in [-0.15, -0.1) is 0 Å². The van der Waals surface area contributed by atoms with Gasteiger partial charge in [-0.05, 0) is 73.5 Å². The number of rotatable bonds is 16. The fourth-order valence-corrected chi connectivity index (χ4v) is 10.0. The smallest absolute Gasteiger partial charge is 0.285 e. The van der Waals surface area contributed by atoms with E-state index in [0.717, 1.165) is 19.3 Å². The molecule has 9 nitrogen and oxygen atoms in total. The summed E-state index contributed by atoms with van der Waals surface area (Å²) >= 11 is 0. The normalized spacial score (nSPS) is 25.4. The van der Waals surface area contributed by atoms with Crippen molar-refractivity contribution in [1.82, 2.24) is 4.90 Å². The Labute approximate surface area is 283 Å². The second-order valence-corrected chi connectivity index (χ2v) is 21.4. The van der Waals surface area contributed by atoms with Crippen LogP contribution < -0.4 is 5.73 Å². The first-order valence-corrected chi connectivity index (χ1v) is 19.3. The number of hydrogen-bond donors (Lipinski definition) is 1. The van der Waals surface area contributed by atoms with Gasteiger partial charge >= 0.3 is 0 Å². The van der Waals surface area contributed by atoms with Crippen LogP contribution in [-0.2, 0) is 33.8 Å². The number of ketones is 3. The number of nitrogens with two attached hydrogens (primary N) is 1. The van der Waals surface area contributed by atoms with Crippen LogP contribution >= 0.6 is 0 Å². The van der Waals surface area contributed by atoms with Gasteiger partial charge in [-0.1, -0.05) is 74.7 Å². The van der Waals surface area contributed by atoms with Gasteiger partial charge in [0.1, 0.15) is 5.78 Å². The number of fused-ring (bicyclic) bond motifs is 1. The maximum atomic E-state index is 14.5. The Hall–Kier alpha value is -2.10. The quantitative estimate of drug-likeness (QED) is 0.210. The number of primary amides is 1. The Kier molecular flexibility index (Phi) is 11.4. The summed E-state index contributed by atoms with van der Waals surface area (Å²) in [4.78, 5) is 68.8. The monoisotopic (exact) mass is 678 g/mol. The van der Waals surface area contributed by atoms with Gasteiger partial charge < -0.3 is 10.6 Å². The van der Waals surface area contributed by atoms with Gasteiger partial charge in [-0.25, -0.2) is 8.42 Å². The van der Waals surface area contributed by atoms with Gasteiger partial charge in [0, 0.05) is 37.6 Å². The summed E-state index contributed by atoms with van der Waals surface area (Å²) in [6.45, 7) is 21.2. The van der Waals surface area contributed by atoms with E-state index in [2.05, 4.69) is 13.8 Å². The lowest BCUT2D eigenvalue weighted by atomic mass is 9.73. The standard InChI is InChI=1S/C37H62N2O7S/c1-22(2)18-37(11,21-47(45,46)35(6,7)8)19-25(40)17-26(34(3,4)5)33(44)39-20-27-29(36(27,9)10)30(39)28(41)16-24(31(42)32(38)43)15-23-13-12-14-23/h22-24,26-27,29-30H,12-21H2,1-11H3,(H2,38,43)/t24?,26-,27?,29+,30-,37?/m1/s1. The van der Waals surface area contributed by atoms with Crippen LogP contribution in [-0.4, -0.2) is 65.6 Å². The van der Waals surface area contributed by atoms with Crippen molar-refractivity contribution >= 4 is 39.0 Å². The lowest BCUT2D eigenvalue weighted by Gasteiger charge is -2.38. The molecule has 1 heterocycles. The van der Waals surface area contributed by atoms with E-state index in [1.807, 2.05) is 41.5 Å². The first-order chi connectivity index (χ1) is 21.2. The van der Waals surface area contributed by atoms with E-state index in [9.17, 15) is 32.4 Å². The third-order valence-electron chi connectivity index (χ3n) is 11.5. The summed E-state index contributed by atoms with van der Waals surface area (Å²) in [7, 11) is -3.51. The molecule has 2 aliphatic carbocycles. The summed E-state index contributed by atoms with van der Waals surface area (Å²) in [5, 5.41) is 0. The fourth-order valence-electron chi connectivity index (χ4n) is 8.44. The molecule has 6 atom stereocenters. The molecule has 0 aromatic carbocycles. The van der Waals surface area contributed by atoms with Crippen molar-refractivity contribution in [3.63, 3.8) is 0 Å². The zero-order chi connectivity index (χ0) is 36.1. The minimum Gasteiger partial charge on any atom is -0.363 e. The molecule has 2 N–H and O–H groups in total. The molecule has 0 radical (unpaired) electrons. The van der Waals surface area contributed by atoms with Crippen molar-refractivity contribution < 1.29 is 32.4 Å². The number of amides is 2. The Morgan fingerprint density at radius 3 is 1.96 bits per heavy atom. The van der Waals surface area contributed by atoms with Gasteiger partial charge in [0.05, 0.1) is 16.5 Å². The van der Waals surface area contributed by atoms with Crippen LogP contribution in [0.5, 0.6) is 0 Å². The van der Waals surface area contributed by atoms with E-state index in [-0.39, 0.29) is 65.7 Å². The number of hydrogen-bond acceptors (Lipinski definition) is 7. The molecule has 3 unspecified atom stereocenters. The first-order valence-electron chi connectivity index (χ1n) is 17.6. The van der Waals surface area contributed by atoms with Crippen LogP contribution in [0.25, 0.3) is 0 Å². The van der Waals surface area contributed by atoms with Crippen molar-refractivity contribution in [2.75, 3.05) is 12.3 Å². The number of likely N-dealkylation sites (tertiary alicyclic amines) is 1. The predicted molar refractivity (Wildman–Crippen MR) is 184 cm³/mol. The number of piperidine rings is 1. The molecule has 3 rings (SSSR count). The molecule has 3 fully saturated rings. The zero-order valence-electron chi connectivity index (χ0n) is 30.9. The van der Waals surface area contributed by atoms with E-state index in [0.29, 0.717) is 25.3 Å². The van der Waals surface area contributed by atoms with Gasteiger partial charge in [0.2, 0.25) is 11.7 Å². The first kappa shape index (κ1) is 39.3. The largest absolute Gasteiger partial charge is 0.363 e. The minimum absolute atomic E-state index is 0.0407. The minimum atomic E-state index is -3.51. The van der Waals surface area contributed by atoms with Crippen LogP contribution in [0.1, 0.15) is 128 Å². The molecule has 3 aliphatic rings. The molecular formula is C37H62N2O7S. The van der Waals surface area contributed by atoms with E-state index in [1.165, 1.54) is 0 Å². The van der Waals surface area contributed by atoms with E-state index in [1.54, 1.807) is 25.7 Å². The van der Waals surface area contributed by atoms with Crippen LogP contribution in [0, 0.1) is 51.8 Å². The summed E-state index contributed by atoms with van der Waals surface area (Å²) in [5.74, 6) is -3.46. The highest BCUT2D eigenvalue weighted by molar-refractivity contribution is 7.92. The Morgan fingerprint density at radius 2 is 1.51 bits per heavy atom. The number of carbonyl (C=O) groups excluding carboxylic acids is 5. The van der Waals surface area contributed by atoms with Crippen molar-refractivity contribution in [3.05, 3.63) is 0 Å². The molecule has 268 valence electrons. The molecular weight excluding hydrogens is 616 g/mol. The molecule has 0 bridgehead atoms. The van der Waals surface area contributed by atoms with Crippen LogP contribution in [0.15, 0.2) is 0 Å². The molecule has 0 aromatic heterocycles. The molecule has 47 heavy (non-hydrogen) atoms. The molecule has 0 spiro atoms. The number of carbonyl (C=O) groups is 5. The van der Waals surface area contributed by atoms with Crippen molar-refractivity contribution in [2.45, 2.75) is 138 Å². The SMILES string of the molecule is CC(C)CC(C)(CC(=O)C[C@H](C(=O)N1CC2[C@@H]([C@H]1C(=O)CC(CC1CCC1)C(=O)C(N)=O)C2(C)C)C(C)(C)C)CS(=O)(=O)C(C)(C)C. The number of sulfone groups is 1. The zero-order valence-corrected chi connectivity index (χ0v) is 31.7. The average molecular weight is 679 g/mol. The number of Topliss-reactive ketones (excluding diaryl/α,β-unsaturated/α-hetero) is 3. The third-order valence-corrected chi connectivity index (χ3v) is 14.4. The molecule has 2 amide bonds. The highest BCUT2D eigenvalue weighted by atomic mass is 32.2. The Morgan fingerprint density at radius 1 is 0.936 bits per heavy atom. The second-order valence-electron chi connectivity index (χ2n) is 18.6. The topological polar surface area (TPSA) is 149 Å². The van der Waals surface area contributed by atoms with Crippen molar-refractivity contribution in [3.8, 4) is 0 Å². The molecule has 10 heteroatoms. The number of nitrogens with zero attached hydrogens (tertiary/aromatic N) is 1. The molecule has 1 saturated heterocycles. The van der Waals surface area contributed by atoms with Crippen molar-refractivity contribution in [1.29, 1.82) is 0 Å². The lowest BCUT2D eigenvalue weighted by molar-refractivity contribution is -0.148. The van der Waals surface area contributed by atoms with Crippen LogP contribution in [0.3, 0.4) is 0 Å². The van der Waals surface area contributed by atoms with E-state index < -0.39 is 55.0 Å². The highest BCUT2D eigenvalue weighted by Crippen LogP contribution is 2.65. The maximum absolute atomic E-state index is 14.5. The van der Waals surface area contributed by atoms with Gasteiger partial charge in [-0.2, -0.15) is 0 Å². The van der Waals surface area contributed by atoms with Gasteiger partial charge in [0.25, 0.3) is 5.91 Å². The van der Waals surface area contributed by atoms with Crippen LogP contribution in [0.4, 0.5) is 0 Å². The summed E-state index contributed by atoms with van der Waals surface area (Å²) in [6, 6.07) is -0.727. The van der Waals surface area contributed by atoms with Gasteiger partial charge in [0.15, 0.2) is 15.6 Å². The maximum Gasteiger partial charge on any atom is 0.285 e. The van der Waals surface area contributed by atoms with Crippen LogP contribution in [0.2, 0.25) is 0 Å². The third kappa shape index (κ3) is 8.93. The summed E-state index contributed by atoms with van der Waals surface area (Å²) in [6.07, 6.45) is 3.85. The Bertz CT molecular complexity index is 1350. The van der Waals surface area contributed by atoms with Gasteiger partial charge in [-0.3, -0.25) is 24.0 Å². The molecule has 2 saturated carbocycles. The molecule has 0 aromatic rings. The Balaban J connectivity index is 1.86.